The van der Waals surface area contributed by atoms with Crippen molar-refractivity contribution in [3.05, 3.63) is 0 Å². The lowest BCUT2D eigenvalue weighted by Crippen LogP contribution is -2.43. The fourth-order valence-corrected chi connectivity index (χ4v) is 4.87. The van der Waals surface area contributed by atoms with Crippen LogP contribution >= 0.6 is 0 Å². The third-order valence-corrected chi connectivity index (χ3v) is 5.69. The van der Waals surface area contributed by atoms with Crippen molar-refractivity contribution in [3.8, 4) is 0 Å². The van der Waals surface area contributed by atoms with Crippen LogP contribution in [0.15, 0.2) is 0 Å². The van der Waals surface area contributed by atoms with Gasteiger partial charge in [0.15, 0.2) is 0 Å². The van der Waals surface area contributed by atoms with Crippen molar-refractivity contribution in [2.24, 2.45) is 11.8 Å². The fourth-order valence-electron chi connectivity index (χ4n) is 4.87. The maximum absolute atomic E-state index is 6.19. The topological polar surface area (TPSA) is 21.3 Å². The minimum Gasteiger partial charge on any atom is -0.375 e. The Balaban J connectivity index is 1.64. The molecular formula is C16H29NO. The zero-order valence-electron chi connectivity index (χ0n) is 11.9. The highest BCUT2D eigenvalue weighted by Gasteiger charge is 2.44. The third-order valence-electron chi connectivity index (χ3n) is 5.69. The molecular weight excluding hydrogens is 222 g/mol. The Kier molecular flexibility index (Phi) is 3.95. The molecule has 0 aromatic carbocycles. The molecule has 0 bridgehead atoms. The maximum atomic E-state index is 6.19. The van der Waals surface area contributed by atoms with E-state index in [0.717, 1.165) is 31.0 Å². The van der Waals surface area contributed by atoms with Gasteiger partial charge >= 0.3 is 0 Å². The zero-order valence-corrected chi connectivity index (χ0v) is 11.9. The van der Waals surface area contributed by atoms with Crippen molar-refractivity contribution in [2.45, 2.75) is 76.4 Å². The average molecular weight is 251 g/mol. The monoisotopic (exact) mass is 251 g/mol. The van der Waals surface area contributed by atoms with Gasteiger partial charge in [0.1, 0.15) is 0 Å². The Morgan fingerprint density at radius 1 is 1.11 bits per heavy atom. The van der Waals surface area contributed by atoms with Crippen molar-refractivity contribution >= 4 is 0 Å². The maximum Gasteiger partial charge on any atom is 0.0685 e. The molecule has 0 amide bonds. The molecule has 3 rings (SSSR count). The second-order valence-electron chi connectivity index (χ2n) is 6.75. The number of hydrogen-bond donors (Lipinski definition) is 1. The Labute approximate surface area is 112 Å². The number of ether oxygens (including phenoxy) is 1. The minimum absolute atomic E-state index is 0.308. The van der Waals surface area contributed by atoms with Crippen molar-refractivity contribution in [2.75, 3.05) is 13.2 Å². The Hall–Kier alpha value is -0.0800. The molecule has 2 heteroatoms. The summed E-state index contributed by atoms with van der Waals surface area (Å²) in [5.74, 6) is 1.87. The van der Waals surface area contributed by atoms with Gasteiger partial charge in [-0.25, -0.2) is 0 Å². The smallest absolute Gasteiger partial charge is 0.0685 e. The van der Waals surface area contributed by atoms with Gasteiger partial charge < -0.3 is 10.1 Å². The van der Waals surface area contributed by atoms with E-state index < -0.39 is 0 Å². The first-order chi connectivity index (χ1) is 8.83. The summed E-state index contributed by atoms with van der Waals surface area (Å²) in [5, 5.41) is 3.73. The quantitative estimate of drug-likeness (QED) is 0.829. The zero-order chi connectivity index (χ0) is 12.4. The van der Waals surface area contributed by atoms with Crippen molar-refractivity contribution in [1.82, 2.24) is 5.32 Å². The van der Waals surface area contributed by atoms with E-state index in [0.29, 0.717) is 5.60 Å². The molecule has 3 atom stereocenters. The summed E-state index contributed by atoms with van der Waals surface area (Å²) in [6.45, 7) is 4.41. The van der Waals surface area contributed by atoms with Crippen molar-refractivity contribution in [1.29, 1.82) is 0 Å². The minimum atomic E-state index is 0.308. The molecule has 1 spiro atoms. The van der Waals surface area contributed by atoms with Gasteiger partial charge in [-0.05, 0) is 56.9 Å². The van der Waals surface area contributed by atoms with Crippen LogP contribution in [0, 0.1) is 11.8 Å². The summed E-state index contributed by atoms with van der Waals surface area (Å²) in [4.78, 5) is 0. The highest BCUT2D eigenvalue weighted by molar-refractivity contribution is 4.96. The molecule has 2 aliphatic carbocycles. The first-order valence-electron chi connectivity index (χ1n) is 8.20. The van der Waals surface area contributed by atoms with Crippen LogP contribution in [0.1, 0.15) is 64.7 Å². The highest BCUT2D eigenvalue weighted by atomic mass is 16.5. The first-order valence-corrected chi connectivity index (χ1v) is 8.20. The standard InChI is InChI=1S/C16H29NO/c1-2-17-15-7-5-6-14(15)13-8-11-18-16(12-13)9-3-4-10-16/h13-15,17H,2-12H2,1H3. The number of hydrogen-bond acceptors (Lipinski definition) is 2. The second-order valence-corrected chi connectivity index (χ2v) is 6.75. The molecule has 0 radical (unpaired) electrons. The van der Waals surface area contributed by atoms with Gasteiger partial charge in [-0.15, -0.1) is 0 Å². The molecule has 1 N–H and O–H groups in total. The molecule has 1 aliphatic heterocycles. The molecule has 0 aromatic heterocycles. The highest BCUT2D eigenvalue weighted by Crippen LogP contribution is 2.46. The largest absolute Gasteiger partial charge is 0.375 e. The van der Waals surface area contributed by atoms with Crippen LogP contribution in [0.5, 0.6) is 0 Å². The van der Waals surface area contributed by atoms with Crippen LogP contribution < -0.4 is 5.32 Å². The van der Waals surface area contributed by atoms with Crippen molar-refractivity contribution < 1.29 is 4.74 Å². The summed E-state index contributed by atoms with van der Waals surface area (Å²) in [6.07, 6.45) is 12.4. The fraction of sp³-hybridized carbons (Fsp3) is 1.00. The lowest BCUT2D eigenvalue weighted by molar-refractivity contribution is -0.103. The Bertz CT molecular complexity index is 272. The summed E-state index contributed by atoms with van der Waals surface area (Å²) < 4.78 is 6.19. The van der Waals surface area contributed by atoms with Crippen molar-refractivity contribution in [3.63, 3.8) is 0 Å². The predicted molar refractivity (Wildman–Crippen MR) is 74.7 cm³/mol. The van der Waals surface area contributed by atoms with Gasteiger partial charge in [-0.2, -0.15) is 0 Å². The van der Waals surface area contributed by atoms with E-state index in [-0.39, 0.29) is 0 Å². The predicted octanol–water partition coefficient (Wildman–Crippen LogP) is 3.50. The van der Waals surface area contributed by atoms with E-state index in [1.165, 1.54) is 57.8 Å². The first kappa shape index (κ1) is 12.9. The van der Waals surface area contributed by atoms with E-state index in [2.05, 4.69) is 12.2 Å². The van der Waals surface area contributed by atoms with E-state index >= 15 is 0 Å². The summed E-state index contributed by atoms with van der Waals surface area (Å²) in [5.41, 5.74) is 0.308. The van der Waals surface area contributed by atoms with Gasteiger partial charge in [0, 0.05) is 12.6 Å². The average Bonchev–Trinajstić information content (AvgIpc) is 3.00. The van der Waals surface area contributed by atoms with Crippen LogP contribution in [-0.4, -0.2) is 24.8 Å². The molecule has 0 aromatic rings. The lowest BCUT2D eigenvalue weighted by atomic mass is 9.75. The van der Waals surface area contributed by atoms with E-state index in [4.69, 9.17) is 4.74 Å². The Morgan fingerprint density at radius 2 is 1.94 bits per heavy atom. The molecule has 1 heterocycles. The molecule has 3 fully saturated rings. The molecule has 3 aliphatic rings. The van der Waals surface area contributed by atoms with Crippen LogP contribution in [0.4, 0.5) is 0 Å². The van der Waals surface area contributed by atoms with Crippen LogP contribution in [0.3, 0.4) is 0 Å². The molecule has 3 unspecified atom stereocenters. The van der Waals surface area contributed by atoms with E-state index in [9.17, 15) is 0 Å². The van der Waals surface area contributed by atoms with Crippen LogP contribution in [0.2, 0.25) is 0 Å². The molecule has 1 saturated heterocycles. The second kappa shape index (κ2) is 5.50. The number of nitrogens with one attached hydrogen (secondary N) is 1. The van der Waals surface area contributed by atoms with Crippen LogP contribution in [-0.2, 0) is 4.74 Å². The lowest BCUT2D eigenvalue weighted by Gasteiger charge is -2.42. The van der Waals surface area contributed by atoms with Gasteiger partial charge in [0.25, 0.3) is 0 Å². The van der Waals surface area contributed by atoms with Gasteiger partial charge in [0.2, 0.25) is 0 Å². The third kappa shape index (κ3) is 2.46. The summed E-state index contributed by atoms with van der Waals surface area (Å²) in [7, 11) is 0. The SMILES string of the molecule is CCNC1CCCC1C1CCOC2(CCCC2)C1. The van der Waals surface area contributed by atoms with E-state index in [1.807, 2.05) is 0 Å². The van der Waals surface area contributed by atoms with Gasteiger partial charge in [-0.3, -0.25) is 0 Å². The van der Waals surface area contributed by atoms with Gasteiger partial charge in [0.05, 0.1) is 5.60 Å². The van der Waals surface area contributed by atoms with Crippen LogP contribution in [0.25, 0.3) is 0 Å². The number of rotatable bonds is 3. The van der Waals surface area contributed by atoms with E-state index in [1.54, 1.807) is 0 Å². The Morgan fingerprint density at radius 3 is 2.72 bits per heavy atom. The summed E-state index contributed by atoms with van der Waals surface area (Å²) in [6, 6.07) is 0.802. The summed E-state index contributed by atoms with van der Waals surface area (Å²) >= 11 is 0. The molecule has 2 nitrogen and oxygen atoms in total. The molecule has 104 valence electrons. The molecule has 18 heavy (non-hydrogen) atoms. The van der Waals surface area contributed by atoms with Gasteiger partial charge in [-0.1, -0.05) is 26.2 Å². The normalized spacial score (nSPS) is 39.5. The molecule has 2 saturated carbocycles.